The van der Waals surface area contributed by atoms with Gasteiger partial charge < -0.3 is 9.64 Å². The van der Waals surface area contributed by atoms with Gasteiger partial charge in [0.05, 0.1) is 18.8 Å². The fraction of sp³-hybridized carbons (Fsp3) is 0.533. The van der Waals surface area contributed by atoms with E-state index in [2.05, 4.69) is 4.90 Å². The van der Waals surface area contributed by atoms with Crippen LogP contribution in [0.25, 0.3) is 0 Å². The van der Waals surface area contributed by atoms with E-state index in [1.54, 1.807) is 6.07 Å². The van der Waals surface area contributed by atoms with Gasteiger partial charge in [-0.15, -0.1) is 0 Å². The van der Waals surface area contributed by atoms with Gasteiger partial charge in [-0.2, -0.15) is 0 Å². The number of halogens is 1. The third-order valence-corrected chi connectivity index (χ3v) is 4.39. The highest BCUT2D eigenvalue weighted by Gasteiger charge is 2.34. The van der Waals surface area contributed by atoms with Crippen molar-refractivity contribution in [1.29, 1.82) is 0 Å². The van der Waals surface area contributed by atoms with Gasteiger partial charge in [-0.3, -0.25) is 4.79 Å². The summed E-state index contributed by atoms with van der Waals surface area (Å²) < 4.78 is 5.87. The molecule has 3 nitrogen and oxygen atoms in total. The minimum Gasteiger partial charge on any atom is -0.374 e. The Balaban J connectivity index is 1.93. The number of fused-ring (bicyclic) bond motifs is 1. The zero-order valence-corrected chi connectivity index (χ0v) is 11.6. The Kier molecular flexibility index (Phi) is 3.76. The van der Waals surface area contributed by atoms with E-state index in [-0.39, 0.29) is 0 Å². The van der Waals surface area contributed by atoms with E-state index in [9.17, 15) is 4.79 Å². The zero-order valence-electron chi connectivity index (χ0n) is 10.8. The van der Waals surface area contributed by atoms with Crippen LogP contribution in [0, 0.1) is 0 Å². The van der Waals surface area contributed by atoms with Gasteiger partial charge in [-0.1, -0.05) is 24.4 Å². The molecule has 19 heavy (non-hydrogen) atoms. The average molecular weight is 280 g/mol. The topological polar surface area (TPSA) is 29.5 Å². The van der Waals surface area contributed by atoms with E-state index in [1.165, 1.54) is 12.8 Å². The summed E-state index contributed by atoms with van der Waals surface area (Å²) in [6.45, 7) is 1.59. The molecule has 1 aliphatic heterocycles. The molecule has 0 amide bonds. The van der Waals surface area contributed by atoms with Crippen LogP contribution in [0.5, 0.6) is 0 Å². The van der Waals surface area contributed by atoms with Gasteiger partial charge in [0.2, 0.25) is 0 Å². The number of rotatable bonds is 2. The predicted molar refractivity (Wildman–Crippen MR) is 76.2 cm³/mol. The molecule has 2 atom stereocenters. The lowest BCUT2D eigenvalue weighted by atomic mass is 9.89. The number of hydrogen-bond donors (Lipinski definition) is 0. The molecule has 3 rings (SSSR count). The van der Waals surface area contributed by atoms with Crippen LogP contribution in [0.3, 0.4) is 0 Å². The Morgan fingerprint density at radius 3 is 3.00 bits per heavy atom. The summed E-state index contributed by atoms with van der Waals surface area (Å²) in [5, 5.41) is 0.610. The lowest BCUT2D eigenvalue weighted by Gasteiger charge is -2.45. The van der Waals surface area contributed by atoms with Crippen molar-refractivity contribution in [3.63, 3.8) is 0 Å². The van der Waals surface area contributed by atoms with Gasteiger partial charge in [0, 0.05) is 22.8 Å². The van der Waals surface area contributed by atoms with Gasteiger partial charge in [-0.05, 0) is 31.0 Å². The van der Waals surface area contributed by atoms with Gasteiger partial charge >= 0.3 is 0 Å². The van der Waals surface area contributed by atoms with E-state index < -0.39 is 0 Å². The first-order valence-corrected chi connectivity index (χ1v) is 7.30. The monoisotopic (exact) mass is 279 g/mol. The number of anilines is 1. The minimum absolute atomic E-state index is 0.317. The molecule has 1 saturated carbocycles. The summed E-state index contributed by atoms with van der Waals surface area (Å²) in [4.78, 5) is 13.6. The summed E-state index contributed by atoms with van der Waals surface area (Å²) in [6.07, 6.45) is 5.98. The molecule has 1 aromatic carbocycles. The first-order valence-electron chi connectivity index (χ1n) is 6.92. The van der Waals surface area contributed by atoms with E-state index in [0.717, 1.165) is 38.0 Å². The van der Waals surface area contributed by atoms with Crippen molar-refractivity contribution in [2.75, 3.05) is 18.1 Å². The van der Waals surface area contributed by atoms with Crippen molar-refractivity contribution in [2.24, 2.45) is 0 Å². The second-order valence-electron chi connectivity index (χ2n) is 5.28. The number of nitrogens with zero attached hydrogens (tertiary/aromatic N) is 1. The molecule has 0 spiro atoms. The predicted octanol–water partition coefficient (Wildman–Crippen LogP) is 3.30. The lowest BCUT2D eigenvalue weighted by molar-refractivity contribution is -0.00871. The van der Waals surface area contributed by atoms with Crippen molar-refractivity contribution in [3.8, 4) is 0 Å². The number of benzene rings is 1. The fourth-order valence-corrected chi connectivity index (χ4v) is 3.46. The van der Waals surface area contributed by atoms with Crippen LogP contribution in [0.15, 0.2) is 18.2 Å². The molecule has 1 heterocycles. The molecule has 4 heteroatoms. The number of ether oxygens (including phenoxy) is 1. The lowest BCUT2D eigenvalue weighted by Crippen LogP contribution is -2.53. The molecule has 0 aromatic heterocycles. The maximum atomic E-state index is 11.3. The van der Waals surface area contributed by atoms with Crippen LogP contribution in [0.4, 0.5) is 5.69 Å². The third kappa shape index (κ3) is 2.49. The number of morpholine rings is 1. The Labute approximate surface area is 118 Å². The van der Waals surface area contributed by atoms with Crippen LogP contribution in [-0.4, -0.2) is 31.6 Å². The molecule has 2 aliphatic rings. The highest BCUT2D eigenvalue weighted by molar-refractivity contribution is 6.31. The van der Waals surface area contributed by atoms with Crippen LogP contribution in [0.1, 0.15) is 36.0 Å². The SMILES string of the molecule is O=Cc1cc(Cl)ccc1N1CCOC2CCCCC21. The molecule has 0 N–H and O–H groups in total. The largest absolute Gasteiger partial charge is 0.374 e. The Bertz CT molecular complexity index is 475. The Morgan fingerprint density at radius 2 is 2.16 bits per heavy atom. The minimum atomic E-state index is 0.317. The van der Waals surface area contributed by atoms with Crippen molar-refractivity contribution >= 4 is 23.6 Å². The van der Waals surface area contributed by atoms with Crippen molar-refractivity contribution < 1.29 is 9.53 Å². The molecule has 0 bridgehead atoms. The normalized spacial score (nSPS) is 26.9. The van der Waals surface area contributed by atoms with E-state index in [4.69, 9.17) is 16.3 Å². The quantitative estimate of drug-likeness (QED) is 0.778. The molecule has 1 saturated heterocycles. The summed E-state index contributed by atoms with van der Waals surface area (Å²) in [5.74, 6) is 0. The van der Waals surface area contributed by atoms with Crippen LogP contribution in [0.2, 0.25) is 5.02 Å². The number of hydrogen-bond acceptors (Lipinski definition) is 3. The van der Waals surface area contributed by atoms with Crippen molar-refractivity contribution in [2.45, 2.75) is 37.8 Å². The smallest absolute Gasteiger partial charge is 0.152 e. The molecule has 0 radical (unpaired) electrons. The molecule has 2 unspecified atom stereocenters. The third-order valence-electron chi connectivity index (χ3n) is 4.16. The van der Waals surface area contributed by atoms with Gasteiger partial charge in [0.1, 0.15) is 0 Å². The van der Waals surface area contributed by atoms with Gasteiger partial charge in [-0.25, -0.2) is 0 Å². The van der Waals surface area contributed by atoms with Gasteiger partial charge in [0.15, 0.2) is 6.29 Å². The van der Waals surface area contributed by atoms with E-state index in [1.807, 2.05) is 12.1 Å². The summed E-state index contributed by atoms with van der Waals surface area (Å²) >= 11 is 5.97. The first kappa shape index (κ1) is 12.9. The zero-order chi connectivity index (χ0) is 13.2. The first-order chi connectivity index (χ1) is 9.29. The molecule has 1 aliphatic carbocycles. The van der Waals surface area contributed by atoms with Crippen LogP contribution < -0.4 is 4.90 Å². The average Bonchev–Trinajstić information content (AvgIpc) is 2.46. The summed E-state index contributed by atoms with van der Waals surface area (Å²) in [6, 6.07) is 5.97. The second-order valence-corrected chi connectivity index (χ2v) is 5.71. The van der Waals surface area contributed by atoms with Gasteiger partial charge in [0.25, 0.3) is 0 Å². The molecule has 102 valence electrons. The molecule has 1 aromatic rings. The van der Waals surface area contributed by atoms with E-state index >= 15 is 0 Å². The summed E-state index contributed by atoms with van der Waals surface area (Å²) in [5.41, 5.74) is 1.68. The Morgan fingerprint density at radius 1 is 1.32 bits per heavy atom. The standard InChI is InChI=1S/C15H18ClNO2/c16-12-5-6-13(11(9-12)10-18)17-7-8-19-15-4-2-1-3-14(15)17/h5-6,9-10,14-15H,1-4,7-8H2. The van der Waals surface area contributed by atoms with Crippen molar-refractivity contribution in [1.82, 2.24) is 0 Å². The van der Waals surface area contributed by atoms with Crippen LogP contribution in [-0.2, 0) is 4.74 Å². The highest BCUT2D eigenvalue weighted by Crippen LogP contribution is 2.34. The molecular weight excluding hydrogens is 262 g/mol. The van der Waals surface area contributed by atoms with E-state index in [0.29, 0.717) is 22.7 Å². The molecular formula is C15H18ClNO2. The number of carbonyl (C=O) groups is 1. The molecule has 2 fully saturated rings. The fourth-order valence-electron chi connectivity index (χ4n) is 3.28. The van der Waals surface area contributed by atoms with Crippen molar-refractivity contribution in [3.05, 3.63) is 28.8 Å². The summed E-state index contributed by atoms with van der Waals surface area (Å²) in [7, 11) is 0. The maximum absolute atomic E-state index is 11.3. The number of aldehydes is 1. The number of carbonyl (C=O) groups excluding carboxylic acids is 1. The Hall–Kier alpha value is -1.06. The van der Waals surface area contributed by atoms with Crippen LogP contribution >= 0.6 is 11.6 Å². The maximum Gasteiger partial charge on any atom is 0.152 e. The highest BCUT2D eigenvalue weighted by atomic mass is 35.5. The second kappa shape index (κ2) is 5.51.